The van der Waals surface area contributed by atoms with Gasteiger partial charge in [-0.3, -0.25) is 0 Å². The van der Waals surface area contributed by atoms with Crippen LogP contribution < -0.4 is 5.32 Å². The molecule has 0 saturated carbocycles. The number of anilines is 1. The predicted molar refractivity (Wildman–Crippen MR) is 84.6 cm³/mol. The van der Waals surface area contributed by atoms with E-state index < -0.39 is 0 Å². The Labute approximate surface area is 127 Å². The van der Waals surface area contributed by atoms with Crippen LogP contribution in [-0.2, 0) is 0 Å². The molecule has 1 nitrogen and oxygen atoms in total. The third-order valence-electron chi connectivity index (χ3n) is 4.05. The molecule has 0 spiro atoms. The molecule has 0 amide bonds. The molecule has 104 valence electrons. The van der Waals surface area contributed by atoms with E-state index in [0.717, 1.165) is 12.1 Å². The molecule has 0 fully saturated rings. The van der Waals surface area contributed by atoms with Crippen LogP contribution in [0, 0.1) is 5.82 Å². The van der Waals surface area contributed by atoms with Gasteiger partial charge in [0.05, 0.1) is 10.5 Å². The molecule has 0 saturated heterocycles. The molecule has 0 aliphatic heterocycles. The first-order valence-electron chi connectivity index (χ1n) is 6.95. The van der Waals surface area contributed by atoms with Crippen molar-refractivity contribution in [1.82, 2.24) is 0 Å². The highest BCUT2D eigenvalue weighted by molar-refractivity contribution is 9.10. The van der Waals surface area contributed by atoms with E-state index in [0.29, 0.717) is 16.4 Å². The Balaban J connectivity index is 1.88. The van der Waals surface area contributed by atoms with Crippen LogP contribution in [0.2, 0.25) is 0 Å². The van der Waals surface area contributed by atoms with Crippen LogP contribution in [0.25, 0.3) is 0 Å². The quantitative estimate of drug-likeness (QED) is 0.749. The summed E-state index contributed by atoms with van der Waals surface area (Å²) in [5.41, 5.74) is 3.75. The average molecular weight is 334 g/mol. The Morgan fingerprint density at radius 2 is 1.85 bits per heavy atom. The fourth-order valence-electron chi connectivity index (χ4n) is 2.94. The predicted octanol–water partition coefficient (Wildman–Crippen LogP) is 5.64. The molecule has 0 aromatic heterocycles. The van der Waals surface area contributed by atoms with Crippen molar-refractivity contribution in [2.75, 3.05) is 5.32 Å². The lowest BCUT2D eigenvalue weighted by molar-refractivity contribution is 0.534. The fraction of sp³-hybridized carbons (Fsp3) is 0.294. The number of benzene rings is 2. The maximum Gasteiger partial charge on any atom is 0.137 e. The molecule has 2 unspecified atom stereocenters. The standard InChI is InChI=1S/C17H17BrFN/c1-11-6-9-17(14-5-3-2-4-13(11)14)20-12-7-8-16(19)15(18)10-12/h2-5,7-8,10-11,17,20H,6,9H2,1H3. The maximum atomic E-state index is 13.3. The first-order valence-corrected chi connectivity index (χ1v) is 7.75. The summed E-state index contributed by atoms with van der Waals surface area (Å²) in [5, 5.41) is 3.53. The van der Waals surface area contributed by atoms with Gasteiger partial charge in [-0.1, -0.05) is 31.2 Å². The fourth-order valence-corrected chi connectivity index (χ4v) is 3.32. The van der Waals surface area contributed by atoms with Gasteiger partial charge in [-0.25, -0.2) is 4.39 Å². The first-order chi connectivity index (χ1) is 9.65. The van der Waals surface area contributed by atoms with Gasteiger partial charge in [0, 0.05) is 5.69 Å². The van der Waals surface area contributed by atoms with Crippen LogP contribution in [0.3, 0.4) is 0 Å². The molecule has 3 rings (SSSR count). The summed E-state index contributed by atoms with van der Waals surface area (Å²) in [6.07, 6.45) is 2.28. The van der Waals surface area contributed by atoms with Gasteiger partial charge in [0.1, 0.15) is 5.82 Å². The monoisotopic (exact) mass is 333 g/mol. The Morgan fingerprint density at radius 1 is 1.10 bits per heavy atom. The Kier molecular flexibility index (Phi) is 3.79. The van der Waals surface area contributed by atoms with Gasteiger partial charge in [-0.05, 0) is 64.0 Å². The lowest BCUT2D eigenvalue weighted by Crippen LogP contribution is -2.19. The van der Waals surface area contributed by atoms with E-state index in [4.69, 9.17) is 0 Å². The van der Waals surface area contributed by atoms with Crippen molar-refractivity contribution in [2.45, 2.75) is 31.7 Å². The lowest BCUT2D eigenvalue weighted by Gasteiger charge is -2.31. The van der Waals surface area contributed by atoms with Crippen molar-refractivity contribution in [3.05, 3.63) is 63.9 Å². The zero-order chi connectivity index (χ0) is 14.1. The number of nitrogens with one attached hydrogen (secondary N) is 1. The highest BCUT2D eigenvalue weighted by Gasteiger charge is 2.24. The molecule has 0 heterocycles. The van der Waals surface area contributed by atoms with Crippen LogP contribution in [-0.4, -0.2) is 0 Å². The molecular formula is C17H17BrFN. The van der Waals surface area contributed by atoms with Gasteiger partial charge in [-0.15, -0.1) is 0 Å². The smallest absolute Gasteiger partial charge is 0.137 e. The highest BCUT2D eigenvalue weighted by atomic mass is 79.9. The van der Waals surface area contributed by atoms with E-state index in [1.807, 2.05) is 0 Å². The number of fused-ring (bicyclic) bond motifs is 1. The molecular weight excluding hydrogens is 317 g/mol. The summed E-state index contributed by atoms with van der Waals surface area (Å²) in [5.74, 6) is 0.387. The van der Waals surface area contributed by atoms with E-state index in [1.165, 1.54) is 23.6 Å². The minimum absolute atomic E-state index is 0.229. The Morgan fingerprint density at radius 3 is 2.60 bits per heavy atom. The minimum atomic E-state index is -0.229. The van der Waals surface area contributed by atoms with Gasteiger partial charge in [-0.2, -0.15) is 0 Å². The van der Waals surface area contributed by atoms with Gasteiger partial charge < -0.3 is 5.32 Å². The second-order valence-electron chi connectivity index (χ2n) is 5.43. The van der Waals surface area contributed by atoms with Crippen molar-refractivity contribution in [3.63, 3.8) is 0 Å². The summed E-state index contributed by atoms with van der Waals surface area (Å²) >= 11 is 3.24. The van der Waals surface area contributed by atoms with Crippen molar-refractivity contribution < 1.29 is 4.39 Å². The second kappa shape index (κ2) is 5.57. The number of halogens is 2. The van der Waals surface area contributed by atoms with E-state index in [1.54, 1.807) is 12.1 Å². The molecule has 1 aliphatic rings. The SMILES string of the molecule is CC1CCC(Nc2ccc(F)c(Br)c2)c2ccccc21. The van der Waals surface area contributed by atoms with E-state index in [2.05, 4.69) is 52.4 Å². The molecule has 1 aliphatic carbocycles. The molecule has 20 heavy (non-hydrogen) atoms. The molecule has 2 aromatic rings. The largest absolute Gasteiger partial charge is 0.378 e. The summed E-state index contributed by atoms with van der Waals surface area (Å²) in [6, 6.07) is 14.0. The van der Waals surface area contributed by atoms with Crippen molar-refractivity contribution in [1.29, 1.82) is 0 Å². The number of hydrogen-bond donors (Lipinski definition) is 1. The lowest BCUT2D eigenvalue weighted by atomic mass is 9.81. The molecule has 2 atom stereocenters. The third-order valence-corrected chi connectivity index (χ3v) is 4.66. The zero-order valence-electron chi connectivity index (χ0n) is 11.4. The summed E-state index contributed by atoms with van der Waals surface area (Å²) in [7, 11) is 0. The maximum absolute atomic E-state index is 13.3. The van der Waals surface area contributed by atoms with Crippen LogP contribution >= 0.6 is 15.9 Å². The number of hydrogen-bond acceptors (Lipinski definition) is 1. The number of rotatable bonds is 2. The van der Waals surface area contributed by atoms with Crippen molar-refractivity contribution in [2.24, 2.45) is 0 Å². The van der Waals surface area contributed by atoms with Crippen LogP contribution in [0.4, 0.5) is 10.1 Å². The molecule has 0 bridgehead atoms. The summed E-state index contributed by atoms with van der Waals surface area (Å²) in [4.78, 5) is 0. The zero-order valence-corrected chi connectivity index (χ0v) is 13.0. The van der Waals surface area contributed by atoms with Crippen LogP contribution in [0.1, 0.15) is 42.9 Å². The van der Waals surface area contributed by atoms with Crippen molar-refractivity contribution >= 4 is 21.6 Å². The van der Waals surface area contributed by atoms with E-state index in [-0.39, 0.29) is 5.82 Å². The summed E-state index contributed by atoms with van der Waals surface area (Å²) < 4.78 is 13.8. The van der Waals surface area contributed by atoms with Crippen molar-refractivity contribution in [3.8, 4) is 0 Å². The Bertz CT molecular complexity index is 626. The summed E-state index contributed by atoms with van der Waals surface area (Å²) in [6.45, 7) is 2.28. The third kappa shape index (κ3) is 2.59. The van der Waals surface area contributed by atoms with Gasteiger partial charge in [0.25, 0.3) is 0 Å². The Hall–Kier alpha value is -1.35. The van der Waals surface area contributed by atoms with Gasteiger partial charge in [0.2, 0.25) is 0 Å². The van der Waals surface area contributed by atoms with Gasteiger partial charge in [0.15, 0.2) is 0 Å². The molecule has 0 radical (unpaired) electrons. The molecule has 3 heteroatoms. The normalized spacial score (nSPS) is 21.4. The minimum Gasteiger partial charge on any atom is -0.378 e. The van der Waals surface area contributed by atoms with Gasteiger partial charge >= 0.3 is 0 Å². The molecule has 1 N–H and O–H groups in total. The average Bonchev–Trinajstić information content (AvgIpc) is 2.46. The van der Waals surface area contributed by atoms with E-state index in [9.17, 15) is 4.39 Å². The van der Waals surface area contributed by atoms with Crippen LogP contribution in [0.5, 0.6) is 0 Å². The topological polar surface area (TPSA) is 12.0 Å². The second-order valence-corrected chi connectivity index (χ2v) is 6.29. The first kappa shape index (κ1) is 13.6. The van der Waals surface area contributed by atoms with Crippen LogP contribution in [0.15, 0.2) is 46.9 Å². The molecule has 2 aromatic carbocycles. The van der Waals surface area contributed by atoms with E-state index >= 15 is 0 Å². The highest BCUT2D eigenvalue weighted by Crippen LogP contribution is 2.39.